The van der Waals surface area contributed by atoms with E-state index in [0.29, 0.717) is 25.6 Å². The molecule has 0 atom stereocenters. The lowest BCUT2D eigenvalue weighted by Gasteiger charge is -2.13. The van der Waals surface area contributed by atoms with E-state index in [2.05, 4.69) is 40.0 Å². The molecule has 1 aromatic heterocycles. The van der Waals surface area contributed by atoms with Crippen LogP contribution in [0.3, 0.4) is 0 Å². The van der Waals surface area contributed by atoms with E-state index in [9.17, 15) is 4.79 Å². The quantitative estimate of drug-likeness (QED) is 0.530. The Hall–Kier alpha value is -1.56. The van der Waals surface area contributed by atoms with Crippen LogP contribution < -0.4 is 16.0 Å². The number of hydrogen-bond donors (Lipinski definition) is 3. The van der Waals surface area contributed by atoms with Gasteiger partial charge in [-0.05, 0) is 38.8 Å². The molecule has 0 aliphatic heterocycles. The van der Waals surface area contributed by atoms with Gasteiger partial charge in [0.1, 0.15) is 0 Å². The highest BCUT2D eigenvalue weighted by atomic mass is 32.1. The minimum absolute atomic E-state index is 0.133. The Morgan fingerprint density at radius 2 is 2.09 bits per heavy atom. The lowest BCUT2D eigenvalue weighted by Crippen LogP contribution is -2.40. The topological polar surface area (TPSA) is 65.5 Å². The van der Waals surface area contributed by atoms with E-state index >= 15 is 0 Å². The van der Waals surface area contributed by atoms with E-state index in [1.54, 1.807) is 11.3 Å². The number of thiophene rings is 1. The second kappa shape index (κ2) is 9.55. The first kappa shape index (κ1) is 17.8. The second-order valence-electron chi connectivity index (χ2n) is 5.93. The summed E-state index contributed by atoms with van der Waals surface area (Å²) in [7, 11) is 0. The van der Waals surface area contributed by atoms with E-state index in [1.807, 2.05) is 6.92 Å². The van der Waals surface area contributed by atoms with Crippen LogP contribution in [0.1, 0.15) is 48.8 Å². The van der Waals surface area contributed by atoms with Gasteiger partial charge in [-0.3, -0.25) is 4.79 Å². The van der Waals surface area contributed by atoms with E-state index in [-0.39, 0.29) is 5.91 Å². The van der Waals surface area contributed by atoms with Gasteiger partial charge in [0.05, 0.1) is 6.54 Å². The van der Waals surface area contributed by atoms with Crippen LogP contribution in [0.2, 0.25) is 0 Å². The molecule has 1 heterocycles. The summed E-state index contributed by atoms with van der Waals surface area (Å²) >= 11 is 1.77. The standard InChI is InChI=1S/C17H28N4OS/c1-3-18-17(20-12-15-9-8-13(2)23-15)19-11-10-16(22)21-14-6-4-5-7-14/h8-9,14H,3-7,10-12H2,1-2H3,(H,21,22)(H2,18,19,20). The molecule has 0 unspecified atom stereocenters. The van der Waals surface area contributed by atoms with Gasteiger partial charge in [-0.15, -0.1) is 11.3 Å². The molecule has 2 rings (SSSR count). The van der Waals surface area contributed by atoms with Gasteiger partial charge in [0.15, 0.2) is 5.96 Å². The molecule has 0 radical (unpaired) electrons. The Kier molecular flexibility index (Phi) is 7.39. The maximum atomic E-state index is 11.9. The largest absolute Gasteiger partial charge is 0.357 e. The van der Waals surface area contributed by atoms with Crippen molar-refractivity contribution >= 4 is 23.2 Å². The summed E-state index contributed by atoms with van der Waals surface area (Å²) < 4.78 is 0. The van der Waals surface area contributed by atoms with Crippen molar-refractivity contribution in [2.75, 3.05) is 13.1 Å². The smallest absolute Gasteiger partial charge is 0.221 e. The molecule has 0 spiro atoms. The van der Waals surface area contributed by atoms with Gasteiger partial charge in [0.2, 0.25) is 5.91 Å². The number of nitrogens with one attached hydrogen (secondary N) is 3. The molecule has 23 heavy (non-hydrogen) atoms. The molecule has 5 nitrogen and oxygen atoms in total. The fourth-order valence-electron chi connectivity index (χ4n) is 2.73. The lowest BCUT2D eigenvalue weighted by molar-refractivity contribution is -0.121. The Balaban J connectivity index is 1.71. The Labute approximate surface area is 143 Å². The summed E-state index contributed by atoms with van der Waals surface area (Å²) in [5.74, 6) is 0.904. The Bertz CT molecular complexity index is 520. The average Bonchev–Trinajstić information content (AvgIpc) is 3.16. The van der Waals surface area contributed by atoms with Crippen LogP contribution >= 0.6 is 11.3 Å². The zero-order valence-electron chi connectivity index (χ0n) is 14.2. The number of guanidine groups is 1. The number of nitrogens with zero attached hydrogens (tertiary/aromatic N) is 1. The summed E-state index contributed by atoms with van der Waals surface area (Å²) in [6.45, 7) is 6.23. The van der Waals surface area contributed by atoms with E-state index in [4.69, 9.17) is 0 Å². The first-order chi connectivity index (χ1) is 11.2. The predicted molar refractivity (Wildman–Crippen MR) is 96.9 cm³/mol. The highest BCUT2D eigenvalue weighted by molar-refractivity contribution is 7.11. The molecule has 0 bridgehead atoms. The first-order valence-corrected chi connectivity index (χ1v) is 9.36. The van der Waals surface area contributed by atoms with Crippen molar-refractivity contribution in [3.05, 3.63) is 21.9 Å². The van der Waals surface area contributed by atoms with Gasteiger partial charge < -0.3 is 16.0 Å². The lowest BCUT2D eigenvalue weighted by atomic mass is 10.2. The van der Waals surface area contributed by atoms with E-state index in [0.717, 1.165) is 25.3 Å². The van der Waals surface area contributed by atoms with Crippen molar-refractivity contribution in [1.29, 1.82) is 0 Å². The van der Waals surface area contributed by atoms with Crippen LogP contribution in [0.15, 0.2) is 17.1 Å². The second-order valence-corrected chi connectivity index (χ2v) is 7.31. The highest BCUT2D eigenvalue weighted by Crippen LogP contribution is 2.17. The van der Waals surface area contributed by atoms with Crippen LogP contribution in [-0.4, -0.2) is 31.0 Å². The summed E-state index contributed by atoms with van der Waals surface area (Å²) in [5.41, 5.74) is 0. The van der Waals surface area contributed by atoms with Crippen molar-refractivity contribution in [2.24, 2.45) is 4.99 Å². The zero-order chi connectivity index (χ0) is 16.5. The molecule has 1 fully saturated rings. The Morgan fingerprint density at radius 1 is 1.30 bits per heavy atom. The fraction of sp³-hybridized carbons (Fsp3) is 0.647. The normalized spacial score (nSPS) is 15.7. The van der Waals surface area contributed by atoms with Crippen molar-refractivity contribution < 1.29 is 4.79 Å². The van der Waals surface area contributed by atoms with Crippen molar-refractivity contribution in [3.8, 4) is 0 Å². The molecule has 1 amide bonds. The van der Waals surface area contributed by atoms with Crippen LogP contribution in [0.5, 0.6) is 0 Å². The number of amides is 1. The van der Waals surface area contributed by atoms with Crippen LogP contribution in [-0.2, 0) is 11.3 Å². The predicted octanol–water partition coefficient (Wildman–Crippen LogP) is 2.56. The number of hydrogen-bond acceptors (Lipinski definition) is 3. The first-order valence-electron chi connectivity index (χ1n) is 8.54. The van der Waals surface area contributed by atoms with Crippen molar-refractivity contribution in [3.63, 3.8) is 0 Å². The summed E-state index contributed by atoms with van der Waals surface area (Å²) in [6, 6.07) is 4.62. The van der Waals surface area contributed by atoms with E-state index < -0.39 is 0 Å². The summed E-state index contributed by atoms with van der Waals surface area (Å²) in [6.07, 6.45) is 5.22. The molecule has 128 valence electrons. The minimum Gasteiger partial charge on any atom is -0.357 e. The average molecular weight is 337 g/mol. The number of aliphatic imine (C=N–C) groups is 1. The SMILES string of the molecule is CCNC(=NCc1ccc(C)s1)NCCC(=O)NC1CCCC1. The van der Waals surface area contributed by atoms with Crippen LogP contribution in [0.25, 0.3) is 0 Å². The molecule has 1 aliphatic rings. The monoisotopic (exact) mass is 336 g/mol. The minimum atomic E-state index is 0.133. The molecule has 3 N–H and O–H groups in total. The maximum Gasteiger partial charge on any atom is 0.221 e. The van der Waals surface area contributed by atoms with E-state index in [1.165, 1.54) is 22.6 Å². The Morgan fingerprint density at radius 3 is 2.74 bits per heavy atom. The number of carbonyl (C=O) groups excluding carboxylic acids is 1. The van der Waals surface area contributed by atoms with Gasteiger partial charge in [-0.2, -0.15) is 0 Å². The zero-order valence-corrected chi connectivity index (χ0v) is 15.0. The fourth-order valence-corrected chi connectivity index (χ4v) is 3.55. The van der Waals surface area contributed by atoms with Crippen LogP contribution in [0.4, 0.5) is 0 Å². The third kappa shape index (κ3) is 6.60. The third-order valence-electron chi connectivity index (χ3n) is 3.90. The summed E-state index contributed by atoms with van der Waals surface area (Å²) in [4.78, 5) is 19.0. The van der Waals surface area contributed by atoms with Gasteiger partial charge in [-0.25, -0.2) is 4.99 Å². The highest BCUT2D eigenvalue weighted by Gasteiger charge is 2.16. The van der Waals surface area contributed by atoms with Gasteiger partial charge in [-0.1, -0.05) is 12.8 Å². The molecule has 0 aromatic carbocycles. The van der Waals surface area contributed by atoms with Gasteiger partial charge >= 0.3 is 0 Å². The molecule has 1 saturated carbocycles. The van der Waals surface area contributed by atoms with Gasteiger partial charge in [0.25, 0.3) is 0 Å². The summed E-state index contributed by atoms with van der Waals surface area (Å²) in [5, 5.41) is 9.56. The molecule has 1 aliphatic carbocycles. The van der Waals surface area contributed by atoms with Crippen molar-refractivity contribution in [1.82, 2.24) is 16.0 Å². The van der Waals surface area contributed by atoms with Crippen LogP contribution in [0, 0.1) is 6.92 Å². The third-order valence-corrected chi connectivity index (χ3v) is 4.88. The molecule has 1 aromatic rings. The molecule has 6 heteroatoms. The number of aryl methyl sites for hydroxylation is 1. The molecule has 0 saturated heterocycles. The molecular formula is C17H28N4OS. The van der Waals surface area contributed by atoms with Gasteiger partial charge in [0, 0.05) is 35.3 Å². The number of rotatable bonds is 7. The van der Waals surface area contributed by atoms with Crippen molar-refractivity contribution in [2.45, 2.75) is 58.5 Å². The maximum absolute atomic E-state index is 11.9. The molecular weight excluding hydrogens is 308 g/mol. The number of carbonyl (C=O) groups is 1.